The van der Waals surface area contributed by atoms with E-state index in [1.165, 1.54) is 4.90 Å². The van der Waals surface area contributed by atoms with Gasteiger partial charge >= 0.3 is 5.97 Å². The van der Waals surface area contributed by atoms with Crippen molar-refractivity contribution in [1.82, 2.24) is 15.5 Å². The predicted molar refractivity (Wildman–Crippen MR) is 108 cm³/mol. The zero-order valence-corrected chi connectivity index (χ0v) is 17.6. The minimum atomic E-state index is -1.15. The van der Waals surface area contributed by atoms with Crippen LogP contribution in [0.3, 0.4) is 0 Å². The van der Waals surface area contributed by atoms with Crippen molar-refractivity contribution in [2.75, 3.05) is 25.1 Å². The Labute approximate surface area is 170 Å². The second-order valence-corrected chi connectivity index (χ2v) is 8.04. The van der Waals surface area contributed by atoms with Crippen molar-refractivity contribution < 1.29 is 24.3 Å². The molecule has 3 amide bonds. The van der Waals surface area contributed by atoms with Gasteiger partial charge in [0.25, 0.3) is 0 Å². The minimum absolute atomic E-state index is 0.0161. The Bertz CT molecular complexity index is 574. The molecule has 4 unspecified atom stereocenters. The van der Waals surface area contributed by atoms with Crippen molar-refractivity contribution in [2.24, 2.45) is 11.7 Å². The summed E-state index contributed by atoms with van der Waals surface area (Å²) < 4.78 is 0. The number of hydrogen-bond acceptors (Lipinski definition) is 6. The van der Waals surface area contributed by atoms with E-state index < -0.39 is 36.5 Å². The molecule has 0 bridgehead atoms. The van der Waals surface area contributed by atoms with Crippen molar-refractivity contribution in [3.05, 3.63) is 0 Å². The molecule has 5 N–H and O–H groups in total. The first-order valence-electron chi connectivity index (χ1n) is 9.57. The average molecular weight is 417 g/mol. The van der Waals surface area contributed by atoms with Crippen LogP contribution in [0.4, 0.5) is 0 Å². The molecule has 0 aromatic carbocycles. The van der Waals surface area contributed by atoms with Crippen LogP contribution in [0.15, 0.2) is 0 Å². The van der Waals surface area contributed by atoms with E-state index in [9.17, 15) is 19.2 Å². The highest BCUT2D eigenvalue weighted by atomic mass is 32.2. The van der Waals surface area contributed by atoms with Crippen LogP contribution in [0.25, 0.3) is 0 Å². The Kier molecular flexibility index (Phi) is 10.3. The molecule has 1 aliphatic rings. The maximum atomic E-state index is 13.1. The van der Waals surface area contributed by atoms with Crippen LogP contribution in [0.2, 0.25) is 0 Å². The summed E-state index contributed by atoms with van der Waals surface area (Å²) in [4.78, 5) is 49.9. The summed E-state index contributed by atoms with van der Waals surface area (Å²) in [5, 5.41) is 13.8. The van der Waals surface area contributed by atoms with Gasteiger partial charge in [0.05, 0.1) is 6.04 Å². The largest absolute Gasteiger partial charge is 0.480 e. The molecule has 1 fully saturated rings. The van der Waals surface area contributed by atoms with Gasteiger partial charge in [-0.05, 0) is 37.2 Å². The number of nitrogens with two attached hydrogens (primary N) is 1. The maximum absolute atomic E-state index is 13.1. The molecular weight excluding hydrogens is 384 g/mol. The fraction of sp³-hybridized carbons (Fsp3) is 0.778. The van der Waals surface area contributed by atoms with Crippen LogP contribution in [0.5, 0.6) is 0 Å². The summed E-state index contributed by atoms with van der Waals surface area (Å²) >= 11 is 1.56. The zero-order valence-electron chi connectivity index (χ0n) is 16.8. The Morgan fingerprint density at radius 2 is 2.00 bits per heavy atom. The summed E-state index contributed by atoms with van der Waals surface area (Å²) in [6.45, 7) is 3.73. The highest BCUT2D eigenvalue weighted by Crippen LogP contribution is 2.20. The monoisotopic (exact) mass is 416 g/mol. The van der Waals surface area contributed by atoms with Crippen LogP contribution in [0, 0.1) is 5.92 Å². The lowest BCUT2D eigenvalue weighted by atomic mass is 9.99. The number of nitrogens with one attached hydrogen (secondary N) is 2. The van der Waals surface area contributed by atoms with Gasteiger partial charge in [-0.25, -0.2) is 0 Å². The van der Waals surface area contributed by atoms with Gasteiger partial charge in [0, 0.05) is 6.54 Å². The molecule has 0 aromatic rings. The fourth-order valence-electron chi connectivity index (χ4n) is 3.06. The van der Waals surface area contributed by atoms with E-state index in [0.717, 1.165) is 6.42 Å². The summed E-state index contributed by atoms with van der Waals surface area (Å²) in [5.41, 5.74) is 5.98. The lowest BCUT2D eigenvalue weighted by Crippen LogP contribution is -2.56. The van der Waals surface area contributed by atoms with Crippen LogP contribution in [-0.2, 0) is 19.2 Å². The van der Waals surface area contributed by atoms with Gasteiger partial charge in [0.1, 0.15) is 18.6 Å². The topological polar surface area (TPSA) is 142 Å². The van der Waals surface area contributed by atoms with Gasteiger partial charge in [-0.3, -0.25) is 19.2 Å². The molecule has 0 saturated carbocycles. The van der Waals surface area contributed by atoms with Crippen LogP contribution < -0.4 is 16.4 Å². The summed E-state index contributed by atoms with van der Waals surface area (Å²) in [5.74, 6) is -1.68. The van der Waals surface area contributed by atoms with Crippen LogP contribution >= 0.6 is 11.8 Å². The van der Waals surface area contributed by atoms with Gasteiger partial charge in [-0.15, -0.1) is 0 Å². The predicted octanol–water partition coefficient (Wildman–Crippen LogP) is -0.210. The Hall–Kier alpha value is -1.81. The van der Waals surface area contributed by atoms with Crippen molar-refractivity contribution in [3.8, 4) is 0 Å². The summed E-state index contributed by atoms with van der Waals surface area (Å²) in [6.07, 6.45) is 4.19. The number of carbonyl (C=O) groups excluding carboxylic acids is 3. The van der Waals surface area contributed by atoms with Gasteiger partial charge in [0.2, 0.25) is 17.7 Å². The van der Waals surface area contributed by atoms with Gasteiger partial charge in [0.15, 0.2) is 0 Å². The zero-order chi connectivity index (χ0) is 21.3. The average Bonchev–Trinajstić information content (AvgIpc) is 3.17. The van der Waals surface area contributed by atoms with E-state index in [2.05, 4.69) is 10.6 Å². The van der Waals surface area contributed by atoms with Crippen molar-refractivity contribution >= 4 is 35.5 Å². The SMILES string of the molecule is CCC(C)C(N)C(=O)NC(CCSC)C(=O)N1CCCC1C(=O)NCC(=O)O. The first-order valence-corrected chi connectivity index (χ1v) is 11.0. The quantitative estimate of drug-likeness (QED) is 0.365. The van der Waals surface area contributed by atoms with Gasteiger partial charge in [-0.2, -0.15) is 11.8 Å². The third-order valence-corrected chi connectivity index (χ3v) is 5.68. The van der Waals surface area contributed by atoms with E-state index in [0.29, 0.717) is 31.6 Å². The summed E-state index contributed by atoms with van der Waals surface area (Å²) in [6, 6.07) is -2.19. The molecule has 1 aliphatic heterocycles. The molecule has 1 saturated heterocycles. The van der Waals surface area contributed by atoms with E-state index in [-0.39, 0.29) is 17.7 Å². The van der Waals surface area contributed by atoms with Crippen LogP contribution in [0.1, 0.15) is 39.5 Å². The number of rotatable bonds is 11. The third kappa shape index (κ3) is 6.97. The first kappa shape index (κ1) is 24.2. The molecule has 1 rings (SSSR count). The molecule has 0 aliphatic carbocycles. The van der Waals surface area contributed by atoms with E-state index in [1.54, 1.807) is 11.8 Å². The van der Waals surface area contributed by atoms with E-state index in [1.807, 2.05) is 20.1 Å². The number of likely N-dealkylation sites (tertiary alicyclic amines) is 1. The first-order chi connectivity index (χ1) is 13.2. The molecule has 160 valence electrons. The number of carboxylic acids is 1. The number of carbonyl (C=O) groups is 4. The highest BCUT2D eigenvalue weighted by molar-refractivity contribution is 7.98. The second kappa shape index (κ2) is 11.9. The molecule has 10 heteroatoms. The van der Waals surface area contributed by atoms with Crippen molar-refractivity contribution in [2.45, 2.75) is 57.7 Å². The number of aliphatic carboxylic acids is 1. The lowest BCUT2D eigenvalue weighted by molar-refractivity contribution is -0.143. The van der Waals surface area contributed by atoms with Crippen LogP contribution in [-0.4, -0.2) is 76.9 Å². The Balaban J connectivity index is 2.85. The summed E-state index contributed by atoms with van der Waals surface area (Å²) in [7, 11) is 0. The van der Waals surface area contributed by atoms with Crippen molar-refractivity contribution in [1.29, 1.82) is 0 Å². The molecule has 0 radical (unpaired) electrons. The number of thioether (sulfide) groups is 1. The van der Waals surface area contributed by atoms with Gasteiger partial charge in [-0.1, -0.05) is 20.3 Å². The molecule has 9 nitrogen and oxygen atoms in total. The van der Waals surface area contributed by atoms with E-state index >= 15 is 0 Å². The molecule has 0 aromatic heterocycles. The molecular formula is C18H32N4O5S. The Morgan fingerprint density at radius 1 is 1.32 bits per heavy atom. The maximum Gasteiger partial charge on any atom is 0.322 e. The molecule has 28 heavy (non-hydrogen) atoms. The molecule has 4 atom stereocenters. The lowest BCUT2D eigenvalue weighted by Gasteiger charge is -2.29. The smallest absolute Gasteiger partial charge is 0.322 e. The van der Waals surface area contributed by atoms with Gasteiger partial charge < -0.3 is 26.4 Å². The Morgan fingerprint density at radius 3 is 2.57 bits per heavy atom. The molecule has 1 heterocycles. The van der Waals surface area contributed by atoms with E-state index in [4.69, 9.17) is 10.8 Å². The normalized spacial score (nSPS) is 19.6. The number of carboxylic acid groups (broad SMARTS) is 1. The highest BCUT2D eigenvalue weighted by Gasteiger charge is 2.38. The fourth-order valence-corrected chi connectivity index (χ4v) is 3.53. The minimum Gasteiger partial charge on any atom is -0.480 e. The number of hydrogen-bond donors (Lipinski definition) is 4. The van der Waals surface area contributed by atoms with Crippen molar-refractivity contribution in [3.63, 3.8) is 0 Å². The second-order valence-electron chi connectivity index (χ2n) is 7.06. The third-order valence-electron chi connectivity index (χ3n) is 5.04. The number of nitrogens with zero attached hydrogens (tertiary/aromatic N) is 1. The molecule has 0 spiro atoms. The number of amides is 3. The standard InChI is InChI=1S/C18H32N4O5S/c1-4-11(2)15(19)17(26)21-12(7-9-28-3)18(27)22-8-5-6-13(22)16(25)20-10-14(23)24/h11-13,15H,4-10,19H2,1-3H3,(H,20,25)(H,21,26)(H,23,24).